The Morgan fingerprint density at radius 1 is 0.609 bits per heavy atom. The number of hydrogen-bond donors (Lipinski definition) is 0. The number of para-hydroxylation sites is 1. The molecule has 0 fully saturated rings. The summed E-state index contributed by atoms with van der Waals surface area (Å²) in [7, 11) is 0. The number of fused-ring (bicyclic) bond motifs is 5. The minimum Gasteiger partial charge on any atom is -0.457 e. The van der Waals surface area contributed by atoms with Crippen molar-refractivity contribution in [3.05, 3.63) is 144 Å². The summed E-state index contributed by atoms with van der Waals surface area (Å²) in [6.07, 6.45) is 3.77. The predicted octanol–water partition coefficient (Wildman–Crippen LogP) is 10.9. The number of ether oxygens (including phenoxy) is 1. The third-order valence-electron chi connectivity index (χ3n) is 9.67. The van der Waals surface area contributed by atoms with E-state index < -0.39 is 0 Å². The molecule has 220 valence electrons. The van der Waals surface area contributed by atoms with E-state index in [2.05, 4.69) is 110 Å². The largest absolute Gasteiger partial charge is 0.457 e. The number of hydrogen-bond acceptors (Lipinski definition) is 4. The van der Waals surface area contributed by atoms with Crippen molar-refractivity contribution in [1.29, 1.82) is 5.26 Å². The second-order valence-corrected chi connectivity index (χ2v) is 12.0. The molecule has 0 saturated carbocycles. The molecular formula is C42H31N3O. The zero-order valence-corrected chi connectivity index (χ0v) is 25.8. The molecule has 5 aromatic carbocycles. The van der Waals surface area contributed by atoms with E-state index in [9.17, 15) is 5.26 Å². The highest BCUT2D eigenvalue weighted by atomic mass is 16.5. The van der Waals surface area contributed by atoms with E-state index in [-0.39, 0.29) is 5.41 Å². The first kappa shape index (κ1) is 27.7. The van der Waals surface area contributed by atoms with Gasteiger partial charge in [-0.3, -0.25) is 4.98 Å². The molecule has 0 saturated heterocycles. The molecule has 0 N–H and O–H groups in total. The van der Waals surface area contributed by atoms with Crippen molar-refractivity contribution >= 4 is 21.8 Å². The van der Waals surface area contributed by atoms with Crippen LogP contribution < -0.4 is 4.74 Å². The van der Waals surface area contributed by atoms with Gasteiger partial charge in [0, 0.05) is 39.1 Å². The fraction of sp³-hybridized carbons (Fsp3) is 0.119. The van der Waals surface area contributed by atoms with Gasteiger partial charge in [-0.25, -0.2) is 4.98 Å². The normalized spacial score (nSPS) is 13.1. The Kier molecular flexibility index (Phi) is 6.62. The van der Waals surface area contributed by atoms with Crippen molar-refractivity contribution in [3.8, 4) is 51.1 Å². The second-order valence-electron chi connectivity index (χ2n) is 12.0. The van der Waals surface area contributed by atoms with E-state index >= 15 is 0 Å². The lowest BCUT2D eigenvalue weighted by Gasteiger charge is -2.39. The molecule has 0 amide bonds. The standard InChI is InChI=1S/C42H31N3O/c1-3-42(4-2)35-9-5-6-10-38(35)46-39-20-18-31(25-36(39)42)33-22-32(28-13-11-27(26-43)12-14-28)23-34(24-33)37-19-17-30-16-15-29-8-7-21-44-40(29)41(30)45-37/h5-25H,3-4H2,1-2H3. The molecule has 4 heteroatoms. The van der Waals surface area contributed by atoms with Gasteiger partial charge in [0.25, 0.3) is 0 Å². The van der Waals surface area contributed by atoms with Crippen molar-refractivity contribution in [2.24, 2.45) is 0 Å². The molecule has 8 rings (SSSR count). The maximum atomic E-state index is 9.41. The lowest BCUT2D eigenvalue weighted by Crippen LogP contribution is -2.30. The molecule has 7 aromatic rings. The van der Waals surface area contributed by atoms with Crippen molar-refractivity contribution in [2.75, 3.05) is 0 Å². The third kappa shape index (κ3) is 4.44. The second kappa shape index (κ2) is 11.0. The van der Waals surface area contributed by atoms with Gasteiger partial charge < -0.3 is 4.74 Å². The van der Waals surface area contributed by atoms with Crippen LogP contribution >= 0.6 is 0 Å². The number of nitrogens with zero attached hydrogens (tertiary/aromatic N) is 3. The molecule has 0 spiro atoms. The lowest BCUT2D eigenvalue weighted by molar-refractivity contribution is 0.375. The van der Waals surface area contributed by atoms with Crippen LogP contribution in [0, 0.1) is 11.3 Å². The van der Waals surface area contributed by atoms with Crippen LogP contribution in [0.4, 0.5) is 0 Å². The average molecular weight is 594 g/mol. The minimum atomic E-state index is -0.137. The molecule has 0 unspecified atom stereocenters. The van der Waals surface area contributed by atoms with Crippen molar-refractivity contribution in [3.63, 3.8) is 0 Å². The molecule has 0 radical (unpaired) electrons. The summed E-state index contributed by atoms with van der Waals surface area (Å²) in [5, 5.41) is 11.5. The van der Waals surface area contributed by atoms with Crippen molar-refractivity contribution < 1.29 is 4.74 Å². The highest BCUT2D eigenvalue weighted by Crippen LogP contribution is 2.52. The third-order valence-corrected chi connectivity index (χ3v) is 9.67. The maximum Gasteiger partial charge on any atom is 0.131 e. The first-order valence-electron chi connectivity index (χ1n) is 15.8. The van der Waals surface area contributed by atoms with E-state index in [1.54, 1.807) is 0 Å². The Balaban J connectivity index is 1.33. The first-order valence-corrected chi connectivity index (χ1v) is 15.8. The Morgan fingerprint density at radius 3 is 2.07 bits per heavy atom. The van der Waals surface area contributed by atoms with Crippen LogP contribution in [0.3, 0.4) is 0 Å². The summed E-state index contributed by atoms with van der Waals surface area (Å²) in [4.78, 5) is 9.87. The number of benzene rings is 5. The zero-order valence-electron chi connectivity index (χ0n) is 25.8. The van der Waals surface area contributed by atoms with Crippen molar-refractivity contribution in [2.45, 2.75) is 32.1 Å². The number of nitriles is 1. The molecular weight excluding hydrogens is 562 g/mol. The van der Waals surface area contributed by atoms with Gasteiger partial charge in [0.15, 0.2) is 0 Å². The molecule has 46 heavy (non-hydrogen) atoms. The van der Waals surface area contributed by atoms with Crippen LogP contribution in [0.2, 0.25) is 0 Å². The monoisotopic (exact) mass is 593 g/mol. The molecule has 1 aliphatic rings. The van der Waals surface area contributed by atoms with Crippen LogP contribution in [0.15, 0.2) is 128 Å². The van der Waals surface area contributed by atoms with Gasteiger partial charge >= 0.3 is 0 Å². The molecule has 4 nitrogen and oxygen atoms in total. The molecule has 3 heterocycles. The fourth-order valence-corrected chi connectivity index (χ4v) is 7.13. The van der Waals surface area contributed by atoms with E-state index in [1.807, 2.05) is 42.6 Å². The quantitative estimate of drug-likeness (QED) is 0.186. The summed E-state index contributed by atoms with van der Waals surface area (Å²) in [6, 6.07) is 44.2. The molecule has 0 atom stereocenters. The highest BCUT2D eigenvalue weighted by Gasteiger charge is 2.39. The highest BCUT2D eigenvalue weighted by molar-refractivity contribution is 6.03. The Hall–Kier alpha value is -5.79. The number of rotatable bonds is 5. The van der Waals surface area contributed by atoms with E-state index in [1.165, 1.54) is 11.1 Å². The Labute approximate surface area is 268 Å². The van der Waals surface area contributed by atoms with Gasteiger partial charge in [-0.2, -0.15) is 5.26 Å². The molecule has 0 aliphatic carbocycles. The SMILES string of the molecule is CCC1(CC)c2ccccc2Oc2ccc(-c3cc(-c4ccc(C#N)cc4)cc(-c4ccc5ccc6cccnc6c5n4)c3)cc21. The zero-order chi connectivity index (χ0) is 31.3. The minimum absolute atomic E-state index is 0.137. The first-order chi connectivity index (χ1) is 22.6. The maximum absolute atomic E-state index is 9.41. The summed E-state index contributed by atoms with van der Waals surface area (Å²) in [5.74, 6) is 1.87. The van der Waals surface area contributed by atoms with Crippen LogP contribution in [-0.4, -0.2) is 9.97 Å². The predicted molar refractivity (Wildman–Crippen MR) is 186 cm³/mol. The van der Waals surface area contributed by atoms with Gasteiger partial charge in [-0.15, -0.1) is 0 Å². The molecule has 1 aliphatic heterocycles. The lowest BCUT2D eigenvalue weighted by atomic mass is 9.68. The summed E-state index contributed by atoms with van der Waals surface area (Å²) >= 11 is 0. The fourth-order valence-electron chi connectivity index (χ4n) is 7.13. The Bertz CT molecular complexity index is 2330. The van der Waals surface area contributed by atoms with Gasteiger partial charge in [-0.1, -0.05) is 74.5 Å². The topological polar surface area (TPSA) is 58.8 Å². The van der Waals surface area contributed by atoms with Crippen LogP contribution in [0.25, 0.3) is 55.3 Å². The van der Waals surface area contributed by atoms with Crippen LogP contribution in [0.5, 0.6) is 11.5 Å². The number of pyridine rings is 2. The smallest absolute Gasteiger partial charge is 0.131 e. The van der Waals surface area contributed by atoms with Gasteiger partial charge in [0.1, 0.15) is 11.5 Å². The Morgan fingerprint density at radius 2 is 1.28 bits per heavy atom. The summed E-state index contributed by atoms with van der Waals surface area (Å²) < 4.78 is 6.47. The van der Waals surface area contributed by atoms with E-state index in [0.29, 0.717) is 5.56 Å². The van der Waals surface area contributed by atoms with E-state index in [4.69, 9.17) is 9.72 Å². The summed E-state index contributed by atoms with van der Waals surface area (Å²) in [5.41, 5.74) is 11.0. The van der Waals surface area contributed by atoms with Gasteiger partial charge in [0.2, 0.25) is 0 Å². The summed E-state index contributed by atoms with van der Waals surface area (Å²) in [6.45, 7) is 4.55. The van der Waals surface area contributed by atoms with Gasteiger partial charge in [-0.05, 0) is 95.8 Å². The van der Waals surface area contributed by atoms with Gasteiger partial charge in [0.05, 0.1) is 28.4 Å². The molecule has 0 bridgehead atoms. The van der Waals surface area contributed by atoms with Crippen molar-refractivity contribution in [1.82, 2.24) is 9.97 Å². The average Bonchev–Trinajstić information content (AvgIpc) is 3.13. The van der Waals surface area contributed by atoms with Crippen LogP contribution in [0.1, 0.15) is 43.4 Å². The van der Waals surface area contributed by atoms with Crippen LogP contribution in [-0.2, 0) is 5.41 Å². The number of aromatic nitrogens is 2. The molecule has 2 aromatic heterocycles. The van der Waals surface area contributed by atoms with E-state index in [0.717, 1.165) is 79.7 Å².